The second kappa shape index (κ2) is 5.85. The lowest BCUT2D eigenvalue weighted by Gasteiger charge is -2.53. The van der Waals surface area contributed by atoms with Crippen LogP contribution in [0.4, 0.5) is 0 Å². The van der Waals surface area contributed by atoms with Crippen LogP contribution in [0.1, 0.15) is 63.3 Å². The standard InChI is InChI=1S/C24H30N2/c1-4-9-17(3)21-16-24(5-2)13-8-14-25-15-12-19-18-10-6-7-11-20(18)26(21)22(19)23(24)25/h6-7,10-11,16,23H,3-5,8-9,12-15H2,1-2H3/t23?,24-/m0/s1. The van der Waals surface area contributed by atoms with E-state index >= 15 is 0 Å². The van der Waals surface area contributed by atoms with Crippen molar-refractivity contribution in [3.63, 3.8) is 0 Å². The molecule has 2 aromatic rings. The molecular weight excluding hydrogens is 316 g/mol. The molecule has 1 unspecified atom stereocenters. The number of hydrogen-bond acceptors (Lipinski definition) is 1. The van der Waals surface area contributed by atoms with Gasteiger partial charge in [-0.25, -0.2) is 0 Å². The summed E-state index contributed by atoms with van der Waals surface area (Å²) in [4.78, 5) is 2.78. The van der Waals surface area contributed by atoms with Gasteiger partial charge in [-0.05, 0) is 55.9 Å². The maximum atomic E-state index is 4.52. The van der Waals surface area contributed by atoms with E-state index in [1.807, 2.05) is 0 Å². The van der Waals surface area contributed by atoms with Gasteiger partial charge in [0.2, 0.25) is 0 Å². The van der Waals surface area contributed by atoms with Crippen LogP contribution in [0.15, 0.2) is 42.5 Å². The number of rotatable bonds is 4. The van der Waals surface area contributed by atoms with Crippen molar-refractivity contribution in [1.29, 1.82) is 0 Å². The Morgan fingerprint density at radius 1 is 1.23 bits per heavy atom. The molecular formula is C24H30N2. The monoisotopic (exact) mass is 346 g/mol. The highest BCUT2D eigenvalue weighted by Gasteiger charge is 2.50. The molecule has 1 aromatic heterocycles. The molecule has 3 aliphatic heterocycles. The first-order chi connectivity index (χ1) is 12.7. The third-order valence-electron chi connectivity index (χ3n) is 7.16. The molecule has 4 heterocycles. The van der Waals surface area contributed by atoms with Crippen LogP contribution in [0.5, 0.6) is 0 Å². The Morgan fingerprint density at radius 2 is 2.08 bits per heavy atom. The van der Waals surface area contributed by atoms with Gasteiger partial charge in [0.1, 0.15) is 0 Å². The number of para-hydroxylation sites is 1. The topological polar surface area (TPSA) is 8.17 Å². The Labute approximate surface area is 157 Å². The Morgan fingerprint density at radius 3 is 2.88 bits per heavy atom. The lowest BCUT2D eigenvalue weighted by atomic mass is 9.66. The highest BCUT2D eigenvalue weighted by atomic mass is 15.2. The second-order valence-corrected chi connectivity index (χ2v) is 8.48. The van der Waals surface area contributed by atoms with E-state index in [1.54, 1.807) is 11.3 Å². The fourth-order valence-electron chi connectivity index (χ4n) is 5.97. The van der Waals surface area contributed by atoms with Crippen molar-refractivity contribution in [2.75, 3.05) is 13.1 Å². The SMILES string of the molecule is C=C(CCC)C1=C[C@]2(CC)CCCN3CCc4c(n1c1ccccc41)C32. The van der Waals surface area contributed by atoms with Gasteiger partial charge in [-0.15, -0.1) is 0 Å². The first-order valence-electron chi connectivity index (χ1n) is 10.5. The normalized spacial score (nSPS) is 27.3. The fourth-order valence-corrected chi connectivity index (χ4v) is 5.97. The lowest BCUT2D eigenvalue weighted by Crippen LogP contribution is -2.50. The molecule has 1 saturated heterocycles. The van der Waals surface area contributed by atoms with E-state index in [-0.39, 0.29) is 5.41 Å². The molecule has 136 valence electrons. The van der Waals surface area contributed by atoms with Crippen molar-refractivity contribution in [2.24, 2.45) is 5.41 Å². The Hall–Kier alpha value is -1.80. The molecule has 2 atom stereocenters. The van der Waals surface area contributed by atoms with Gasteiger partial charge in [0.25, 0.3) is 0 Å². The fraction of sp³-hybridized carbons (Fsp3) is 0.500. The van der Waals surface area contributed by atoms with Crippen molar-refractivity contribution in [3.05, 3.63) is 53.8 Å². The van der Waals surface area contributed by atoms with Crippen molar-refractivity contribution < 1.29 is 0 Å². The van der Waals surface area contributed by atoms with E-state index in [0.29, 0.717) is 6.04 Å². The third kappa shape index (κ3) is 2.02. The summed E-state index contributed by atoms with van der Waals surface area (Å²) in [6, 6.07) is 9.60. The van der Waals surface area contributed by atoms with Gasteiger partial charge in [-0.1, -0.05) is 51.1 Å². The summed E-state index contributed by atoms with van der Waals surface area (Å²) in [5.74, 6) is 0. The van der Waals surface area contributed by atoms with Gasteiger partial charge in [-0.3, -0.25) is 4.90 Å². The van der Waals surface area contributed by atoms with E-state index in [0.717, 1.165) is 12.8 Å². The summed E-state index contributed by atoms with van der Waals surface area (Å²) in [5.41, 5.74) is 7.57. The van der Waals surface area contributed by atoms with Gasteiger partial charge in [0.15, 0.2) is 0 Å². The van der Waals surface area contributed by atoms with Crippen molar-refractivity contribution in [3.8, 4) is 0 Å². The molecule has 3 aliphatic rings. The first-order valence-corrected chi connectivity index (χ1v) is 10.5. The van der Waals surface area contributed by atoms with Crippen LogP contribution in [0.2, 0.25) is 0 Å². The summed E-state index contributed by atoms with van der Waals surface area (Å²) in [7, 11) is 0. The molecule has 2 heteroatoms. The van der Waals surface area contributed by atoms with Crippen LogP contribution in [0.25, 0.3) is 16.6 Å². The molecule has 0 amide bonds. The number of piperidine rings is 1. The zero-order chi connectivity index (χ0) is 17.9. The smallest absolute Gasteiger partial charge is 0.0599 e. The van der Waals surface area contributed by atoms with Crippen molar-refractivity contribution in [1.82, 2.24) is 9.47 Å². The van der Waals surface area contributed by atoms with Gasteiger partial charge in [0.05, 0.1) is 11.6 Å². The second-order valence-electron chi connectivity index (χ2n) is 8.48. The number of nitrogens with zero attached hydrogens (tertiary/aromatic N) is 2. The van der Waals surface area contributed by atoms with Crippen LogP contribution in [-0.2, 0) is 6.42 Å². The average Bonchev–Trinajstić information content (AvgIpc) is 3.02. The Balaban J connectivity index is 1.85. The molecule has 5 rings (SSSR count). The van der Waals surface area contributed by atoms with Crippen LogP contribution >= 0.6 is 0 Å². The highest BCUT2D eigenvalue weighted by molar-refractivity contribution is 5.91. The summed E-state index contributed by atoms with van der Waals surface area (Å²) in [6.07, 6.45) is 9.92. The van der Waals surface area contributed by atoms with E-state index in [2.05, 4.69) is 60.2 Å². The summed E-state index contributed by atoms with van der Waals surface area (Å²) >= 11 is 0. The Kier molecular flexibility index (Phi) is 3.69. The van der Waals surface area contributed by atoms with Crippen LogP contribution in [0.3, 0.4) is 0 Å². The van der Waals surface area contributed by atoms with Crippen molar-refractivity contribution >= 4 is 16.6 Å². The highest BCUT2D eigenvalue weighted by Crippen LogP contribution is 2.57. The van der Waals surface area contributed by atoms with E-state index in [1.165, 1.54) is 60.9 Å². The molecule has 0 saturated carbocycles. The minimum absolute atomic E-state index is 0.282. The summed E-state index contributed by atoms with van der Waals surface area (Å²) in [6.45, 7) is 11.6. The number of aromatic nitrogens is 1. The predicted octanol–water partition coefficient (Wildman–Crippen LogP) is 5.94. The number of hydrogen-bond donors (Lipinski definition) is 0. The molecule has 0 spiro atoms. The molecule has 0 aliphatic carbocycles. The first kappa shape index (κ1) is 16.4. The number of allylic oxidation sites excluding steroid dienone is 2. The van der Waals surface area contributed by atoms with Gasteiger partial charge in [0, 0.05) is 28.7 Å². The molecule has 0 bridgehead atoms. The van der Waals surface area contributed by atoms with E-state index in [9.17, 15) is 0 Å². The molecule has 26 heavy (non-hydrogen) atoms. The zero-order valence-corrected chi connectivity index (χ0v) is 16.2. The van der Waals surface area contributed by atoms with Gasteiger partial charge in [-0.2, -0.15) is 0 Å². The van der Waals surface area contributed by atoms with Crippen molar-refractivity contribution in [2.45, 2.75) is 58.4 Å². The molecule has 1 fully saturated rings. The number of fused-ring (bicyclic) bond motifs is 3. The largest absolute Gasteiger partial charge is 0.312 e. The van der Waals surface area contributed by atoms with Gasteiger partial charge >= 0.3 is 0 Å². The molecule has 2 nitrogen and oxygen atoms in total. The van der Waals surface area contributed by atoms with Crippen LogP contribution < -0.4 is 0 Å². The van der Waals surface area contributed by atoms with E-state index in [4.69, 9.17) is 0 Å². The lowest BCUT2D eigenvalue weighted by molar-refractivity contribution is 0.0271. The average molecular weight is 347 g/mol. The molecule has 0 N–H and O–H groups in total. The minimum atomic E-state index is 0.282. The van der Waals surface area contributed by atoms with Crippen LogP contribution in [-0.4, -0.2) is 22.6 Å². The zero-order valence-electron chi connectivity index (χ0n) is 16.2. The minimum Gasteiger partial charge on any atom is -0.312 e. The quantitative estimate of drug-likeness (QED) is 0.665. The summed E-state index contributed by atoms with van der Waals surface area (Å²) < 4.78 is 2.60. The molecule has 1 aromatic carbocycles. The summed E-state index contributed by atoms with van der Waals surface area (Å²) in [5, 5.41) is 1.47. The third-order valence-corrected chi connectivity index (χ3v) is 7.16. The molecule has 0 radical (unpaired) electrons. The predicted molar refractivity (Wildman–Crippen MR) is 110 cm³/mol. The number of benzene rings is 1. The van der Waals surface area contributed by atoms with E-state index < -0.39 is 0 Å². The Bertz CT molecular complexity index is 916. The maximum Gasteiger partial charge on any atom is 0.0599 e. The van der Waals surface area contributed by atoms with Crippen LogP contribution in [0, 0.1) is 5.41 Å². The van der Waals surface area contributed by atoms with Gasteiger partial charge < -0.3 is 4.57 Å². The maximum absolute atomic E-state index is 4.52.